The van der Waals surface area contributed by atoms with Gasteiger partial charge in [0.25, 0.3) is 0 Å². The number of allylic oxidation sites excluding steroid dienone is 4. The molecular weight excluding hydrogens is 1870 g/mol. The molecule has 1 aliphatic carbocycles. The third-order valence-electron chi connectivity index (χ3n) is 16.3. The second kappa shape index (κ2) is 29.2. The van der Waals surface area contributed by atoms with Gasteiger partial charge >= 0.3 is 191 Å². The van der Waals surface area contributed by atoms with E-state index in [9.17, 15) is 263 Å². The average Bonchev–Trinajstić information content (AvgIpc) is 0.708. The van der Waals surface area contributed by atoms with E-state index in [0.29, 0.717) is 0 Å². The van der Waals surface area contributed by atoms with Crippen molar-refractivity contribution >= 4 is 0 Å². The smallest absolute Gasteiger partial charge is 0.200 e. The highest BCUT2D eigenvalue weighted by Crippen LogP contribution is 2.71. The molecule has 0 heterocycles. The Balaban J connectivity index is 4.80. The van der Waals surface area contributed by atoms with Crippen LogP contribution in [0.3, 0.4) is 0 Å². The Hall–Kier alpha value is -5.28. The van der Waals surface area contributed by atoms with E-state index in [1.807, 2.05) is 0 Å². The molecule has 0 aromatic heterocycles. The largest absolute Gasteiger partial charge is 0.460 e. The second-order valence-corrected chi connectivity index (χ2v) is 23.9. The Labute approximate surface area is 589 Å². The lowest BCUT2D eigenvalue weighted by Crippen LogP contribution is -2.74. The summed E-state index contributed by atoms with van der Waals surface area (Å²) < 4.78 is 950. The van der Waals surface area contributed by atoms with Crippen molar-refractivity contribution in [3.05, 3.63) is 22.3 Å². The molecule has 0 aromatic rings. The van der Waals surface area contributed by atoms with E-state index in [-0.39, 0.29) is 0 Å². The maximum Gasteiger partial charge on any atom is 0.460 e. The first-order valence-corrected chi connectivity index (χ1v) is 27.7. The van der Waals surface area contributed by atoms with Crippen molar-refractivity contribution in [3.63, 3.8) is 0 Å². The van der Waals surface area contributed by atoms with Crippen LogP contribution in [0.1, 0.15) is 77.0 Å². The number of alkyl halides is 68. The molecule has 0 unspecified atom stereocenters. The minimum Gasteiger partial charge on any atom is -0.200 e. The summed E-state index contributed by atoms with van der Waals surface area (Å²) in [6, 6.07) is 0. The maximum atomic E-state index is 15.1. The monoisotopic (exact) mass is 1890 g/mol. The highest BCUT2D eigenvalue weighted by Gasteiger charge is 3.00. The topological polar surface area (TPSA) is 0 Å². The lowest BCUT2D eigenvalue weighted by molar-refractivity contribution is -0.461. The molecule has 0 nitrogen and oxygen atoms in total. The Morgan fingerprint density at radius 2 is 0.181 bits per heavy atom. The van der Waals surface area contributed by atoms with Gasteiger partial charge in [-0.15, -0.1) is 0 Å². The van der Waals surface area contributed by atoms with Crippen LogP contribution in [0.2, 0.25) is 0 Å². The van der Waals surface area contributed by atoms with Crippen molar-refractivity contribution < 1.29 is 299 Å². The van der Waals surface area contributed by atoms with Gasteiger partial charge < -0.3 is 0 Å². The summed E-state index contributed by atoms with van der Waals surface area (Å²) in [4.78, 5) is 0. The van der Waals surface area contributed by atoms with E-state index < -0.39 is 290 Å². The molecule has 692 valence electrons. The first-order valence-electron chi connectivity index (χ1n) is 27.7. The summed E-state index contributed by atoms with van der Waals surface area (Å²) in [6.45, 7) is 0. The summed E-state index contributed by atoms with van der Waals surface area (Å²) in [5, 5.41) is 0. The summed E-state index contributed by atoms with van der Waals surface area (Å²) in [5.41, 5.74) is -9.95. The predicted molar refractivity (Wildman–Crippen MR) is 232 cm³/mol. The third kappa shape index (κ3) is 14.9. The van der Waals surface area contributed by atoms with Crippen molar-refractivity contribution in [2.75, 3.05) is 0 Å². The number of hydrogen-bond acceptors (Lipinski definition) is 0. The van der Waals surface area contributed by atoms with E-state index in [2.05, 4.69) is 0 Å². The molecule has 0 saturated carbocycles. The Bertz CT molecular complexity index is 3020. The molecule has 0 spiro atoms. The number of rotatable bonds is 40. The molecule has 0 amide bonds. The van der Waals surface area contributed by atoms with Crippen LogP contribution in [-0.4, -0.2) is 191 Å². The summed E-state index contributed by atoms with van der Waals surface area (Å²) in [6.07, 6.45) is -75.3. The van der Waals surface area contributed by atoms with Gasteiger partial charge in [0.15, 0.2) is 0 Å². The molecule has 0 aromatic carbocycles. The van der Waals surface area contributed by atoms with Gasteiger partial charge in [-0.05, 0) is 73.7 Å². The Kier molecular flexibility index (Phi) is 27.4. The Morgan fingerprint density at radius 1 is 0.103 bits per heavy atom. The molecule has 1 aliphatic rings. The lowest BCUT2D eigenvalue weighted by Gasteiger charge is -2.43. The van der Waals surface area contributed by atoms with Crippen LogP contribution in [0.4, 0.5) is 299 Å². The quantitative estimate of drug-likeness (QED) is 0.0537. The fraction of sp³-hybridized carbons (Fsp3) is 0.917. The summed E-state index contributed by atoms with van der Waals surface area (Å²) in [7, 11) is 0. The number of halogens is 68. The third-order valence-corrected chi connectivity index (χ3v) is 16.3. The van der Waals surface area contributed by atoms with Gasteiger partial charge in [0.05, 0.1) is 0 Å². The van der Waals surface area contributed by atoms with Crippen LogP contribution < -0.4 is 0 Å². The zero-order valence-electron chi connectivity index (χ0n) is 52.2. The van der Waals surface area contributed by atoms with Crippen molar-refractivity contribution in [1.29, 1.82) is 0 Å². The van der Waals surface area contributed by atoms with Crippen LogP contribution >= 0.6 is 0 Å². The minimum atomic E-state index is -9.63. The van der Waals surface area contributed by atoms with Gasteiger partial charge in [0.2, 0.25) is 0 Å². The zero-order valence-corrected chi connectivity index (χ0v) is 52.2. The second-order valence-electron chi connectivity index (χ2n) is 23.9. The van der Waals surface area contributed by atoms with Crippen molar-refractivity contribution in [3.8, 4) is 0 Å². The minimum absolute atomic E-state index is 2.49. The highest BCUT2D eigenvalue weighted by molar-refractivity contribution is 5.60. The van der Waals surface area contributed by atoms with Gasteiger partial charge in [0.1, 0.15) is 0 Å². The van der Waals surface area contributed by atoms with Crippen molar-refractivity contribution in [1.82, 2.24) is 0 Å². The molecule has 0 atom stereocenters. The van der Waals surface area contributed by atoms with E-state index in [0.717, 1.165) is 0 Å². The van der Waals surface area contributed by atoms with Crippen LogP contribution in [0.25, 0.3) is 0 Å². The fourth-order valence-electron chi connectivity index (χ4n) is 9.24. The van der Waals surface area contributed by atoms with Gasteiger partial charge in [-0.3, -0.25) is 0 Å². The van der Waals surface area contributed by atoms with Gasteiger partial charge in [-0.25, -0.2) is 0 Å². The maximum absolute atomic E-state index is 15.1. The predicted octanol–water partition coefficient (Wildman–Crippen LogP) is 27.3. The van der Waals surface area contributed by atoms with Crippen molar-refractivity contribution in [2.24, 2.45) is 0 Å². The van der Waals surface area contributed by atoms with Crippen LogP contribution in [0, 0.1) is 0 Å². The molecule has 0 radical (unpaired) electrons. The molecule has 0 fully saturated rings. The van der Waals surface area contributed by atoms with Gasteiger partial charge in [-0.1, -0.05) is 0 Å². The first-order chi connectivity index (χ1) is 49.4. The SMILES string of the molecule is FC(F)(F)C(F)(F)C(F)(F)C(F)(F)C(F)(F)C(F)(F)C(F)(F)C(F)(F)CCCC1=C(CCCC(F)(F)C(F)(F)C(F)(F)C(F)(F)C(F)(F)C(F)(F)C(F)(F)C(F)(F)F)C(CCCC(F)(F)C(F)(F)C(F)(F)C(F)(F)C(F)(F)C(F)(F)C(F)(F)C(F)(F)F)=C1CCCC(F)(F)C(F)(F)C(F)(F)C(F)(F)C(F)(F)C(F)(F)C(F)(F)C(F)(F)F. The first kappa shape index (κ1) is 109. The van der Waals surface area contributed by atoms with Crippen LogP contribution in [-0.2, 0) is 0 Å². The van der Waals surface area contributed by atoms with E-state index >= 15 is 35.1 Å². The van der Waals surface area contributed by atoms with Gasteiger partial charge in [0, 0.05) is 25.7 Å². The van der Waals surface area contributed by atoms with Crippen LogP contribution in [0.15, 0.2) is 22.3 Å². The Morgan fingerprint density at radius 3 is 0.267 bits per heavy atom. The molecule has 0 bridgehead atoms. The summed E-state index contributed by atoms with van der Waals surface area (Å²) >= 11 is 0. The number of hydrogen-bond donors (Lipinski definition) is 0. The average molecular weight is 1890 g/mol. The van der Waals surface area contributed by atoms with E-state index in [4.69, 9.17) is 0 Å². The standard InChI is InChI=1S/C48H24F68/c49-17(50,21(57,58)25(65,66)29(73,74)33(81,82)37(89,90)41(97,98)45(105,106)107)9-1-5-13-14(6-2-10-18(51,52)22(59,60)26(67,68)30(75,76)34(83,84)38(91,92)42(99,100)46(108,109)110)16(8-4-12-20(55,56)24(63,64)28(71,72)32(79,80)36(87,88)40(95,96)44(103,104)48(114,115)116)15(13)7-3-11-19(53,54)23(61,62)27(69,70)31(77,78)35(85,86)39(93,94)43(101,102)47(111,112)113/h1-12H2. The molecule has 0 N–H and O–H groups in total. The van der Waals surface area contributed by atoms with Crippen LogP contribution in [0.5, 0.6) is 0 Å². The molecule has 68 heteroatoms. The molecule has 116 heavy (non-hydrogen) atoms. The summed E-state index contributed by atoms with van der Waals surface area (Å²) in [5.74, 6) is -256. The molecular formula is C48H24F68. The molecule has 1 rings (SSSR count). The zero-order chi connectivity index (χ0) is 94.8. The van der Waals surface area contributed by atoms with E-state index in [1.165, 1.54) is 0 Å². The fourth-order valence-corrected chi connectivity index (χ4v) is 9.24. The lowest BCUT2D eigenvalue weighted by atomic mass is 9.71. The van der Waals surface area contributed by atoms with E-state index in [1.54, 1.807) is 0 Å². The molecule has 0 saturated heterocycles. The van der Waals surface area contributed by atoms with Crippen molar-refractivity contribution in [2.45, 2.75) is 268 Å². The highest BCUT2D eigenvalue weighted by atomic mass is 19.5. The molecule has 0 aliphatic heterocycles. The van der Waals surface area contributed by atoms with Gasteiger partial charge in [-0.2, -0.15) is 299 Å². The normalized spacial score (nSPS) is 17.5.